The van der Waals surface area contributed by atoms with E-state index in [4.69, 9.17) is 0 Å². The summed E-state index contributed by atoms with van der Waals surface area (Å²) in [6.45, 7) is 4.09. The Labute approximate surface area is 356 Å². The third kappa shape index (κ3) is 40.5. The average molecular weight is 810 g/mol. The molecule has 0 aromatic rings. The molecule has 1 amide bonds. The molecule has 0 rings (SSSR count). The van der Waals surface area contributed by atoms with Crippen molar-refractivity contribution in [2.45, 2.75) is 314 Å². The number of amides is 1. The van der Waals surface area contributed by atoms with E-state index in [1.165, 1.54) is 225 Å². The van der Waals surface area contributed by atoms with Crippen molar-refractivity contribution in [2.75, 3.05) is 6.61 Å². The smallest absolute Gasteiger partial charge is 0.249 e. The van der Waals surface area contributed by atoms with Crippen molar-refractivity contribution in [1.82, 2.24) is 5.32 Å². The van der Waals surface area contributed by atoms with Crippen molar-refractivity contribution >= 4 is 5.91 Å². The van der Waals surface area contributed by atoms with Crippen LogP contribution in [-0.4, -0.2) is 57.3 Å². The zero-order valence-electron chi connectivity index (χ0n) is 38.6. The highest BCUT2D eigenvalue weighted by atomic mass is 16.3. The summed E-state index contributed by atoms with van der Waals surface area (Å²) in [5.41, 5.74) is 0. The van der Waals surface area contributed by atoms with Crippen molar-refractivity contribution in [1.29, 1.82) is 0 Å². The van der Waals surface area contributed by atoms with Crippen LogP contribution in [0.3, 0.4) is 0 Å². The van der Waals surface area contributed by atoms with E-state index in [9.17, 15) is 25.2 Å². The van der Waals surface area contributed by atoms with Crippen LogP contribution in [0.25, 0.3) is 0 Å². The summed E-state index contributed by atoms with van der Waals surface area (Å²) in [4.78, 5) is 12.6. The Kier molecular flexibility index (Phi) is 45.8. The van der Waals surface area contributed by atoms with Gasteiger partial charge in [0, 0.05) is 0 Å². The van der Waals surface area contributed by atoms with E-state index in [1.54, 1.807) is 0 Å². The van der Waals surface area contributed by atoms with Crippen molar-refractivity contribution < 1.29 is 25.2 Å². The SMILES string of the molecule is CCCCCCCCCCCCCCCCCCCCCCCCC(O)C(O)C(CO)NC(=O)C(O)CCCCCCCCCCCCCCCCCCCCC. The highest BCUT2D eigenvalue weighted by Gasteiger charge is 2.28. The molecular weight excluding hydrogens is 707 g/mol. The molecule has 0 heterocycles. The zero-order valence-corrected chi connectivity index (χ0v) is 38.6. The first-order valence-corrected chi connectivity index (χ1v) is 25.9. The molecule has 4 unspecified atom stereocenters. The van der Waals surface area contributed by atoms with Gasteiger partial charge < -0.3 is 25.7 Å². The highest BCUT2D eigenvalue weighted by molar-refractivity contribution is 5.80. The first-order chi connectivity index (χ1) is 28.0. The molecule has 4 atom stereocenters. The normalized spacial score (nSPS) is 13.9. The fraction of sp³-hybridized carbons (Fsp3) is 0.980. The lowest BCUT2D eigenvalue weighted by Crippen LogP contribution is -2.53. The van der Waals surface area contributed by atoms with Crippen LogP contribution in [0.2, 0.25) is 0 Å². The minimum atomic E-state index is -1.25. The second-order valence-corrected chi connectivity index (χ2v) is 18.2. The molecule has 0 saturated heterocycles. The standard InChI is InChI=1S/C51H103NO5/c1-3-5-7-9-11-13-15-17-19-21-23-24-25-27-28-30-32-34-36-38-40-42-44-48(54)50(56)47(46-53)52-51(57)49(55)45-43-41-39-37-35-33-31-29-26-22-20-18-16-14-12-10-8-6-4-2/h47-50,53-56H,3-46H2,1-2H3,(H,52,57). The maximum Gasteiger partial charge on any atom is 0.249 e. The molecule has 0 aliphatic heterocycles. The number of hydrogen-bond donors (Lipinski definition) is 5. The third-order valence-electron chi connectivity index (χ3n) is 12.6. The molecule has 0 aromatic heterocycles. The van der Waals surface area contributed by atoms with Crippen LogP contribution in [-0.2, 0) is 4.79 Å². The number of carbonyl (C=O) groups is 1. The Bertz CT molecular complexity index is 781. The van der Waals surface area contributed by atoms with E-state index in [1.807, 2.05) is 0 Å². The number of unbranched alkanes of at least 4 members (excludes halogenated alkanes) is 39. The monoisotopic (exact) mass is 810 g/mol. The van der Waals surface area contributed by atoms with Gasteiger partial charge in [0.1, 0.15) is 12.2 Å². The predicted octanol–water partition coefficient (Wildman–Crippen LogP) is 14.4. The van der Waals surface area contributed by atoms with Crippen LogP contribution in [0.4, 0.5) is 0 Å². The van der Waals surface area contributed by atoms with E-state index in [-0.39, 0.29) is 0 Å². The van der Waals surface area contributed by atoms with Gasteiger partial charge in [-0.2, -0.15) is 0 Å². The second kappa shape index (κ2) is 46.4. The fourth-order valence-corrected chi connectivity index (χ4v) is 8.47. The summed E-state index contributed by atoms with van der Waals surface area (Å²) in [5.74, 6) is -0.577. The first kappa shape index (κ1) is 56.3. The number of hydrogen-bond acceptors (Lipinski definition) is 5. The maximum absolute atomic E-state index is 12.6. The second-order valence-electron chi connectivity index (χ2n) is 18.2. The Morgan fingerprint density at radius 3 is 0.842 bits per heavy atom. The van der Waals surface area contributed by atoms with Gasteiger partial charge in [0.15, 0.2) is 0 Å². The Morgan fingerprint density at radius 1 is 0.368 bits per heavy atom. The molecule has 0 spiro atoms. The highest BCUT2D eigenvalue weighted by Crippen LogP contribution is 2.18. The van der Waals surface area contributed by atoms with Gasteiger partial charge in [-0.25, -0.2) is 0 Å². The van der Waals surface area contributed by atoms with Crippen LogP contribution in [0.5, 0.6) is 0 Å². The molecule has 0 aromatic carbocycles. The van der Waals surface area contributed by atoms with Crippen molar-refractivity contribution in [3.05, 3.63) is 0 Å². The van der Waals surface area contributed by atoms with Crippen LogP contribution in [0.1, 0.15) is 290 Å². The van der Waals surface area contributed by atoms with Gasteiger partial charge >= 0.3 is 0 Å². The topological polar surface area (TPSA) is 110 Å². The van der Waals surface area contributed by atoms with E-state index >= 15 is 0 Å². The summed E-state index contributed by atoms with van der Waals surface area (Å²) in [6.07, 6.45) is 51.5. The van der Waals surface area contributed by atoms with Crippen molar-refractivity contribution in [2.24, 2.45) is 0 Å². The van der Waals surface area contributed by atoms with Crippen LogP contribution in [0.15, 0.2) is 0 Å². The van der Waals surface area contributed by atoms with Crippen molar-refractivity contribution in [3.63, 3.8) is 0 Å². The molecule has 0 fully saturated rings. The summed E-state index contributed by atoms with van der Waals surface area (Å²) >= 11 is 0. The predicted molar refractivity (Wildman–Crippen MR) is 247 cm³/mol. The quantitative estimate of drug-likeness (QED) is 0.0393. The number of aliphatic hydroxyl groups is 4. The van der Waals surface area contributed by atoms with Crippen LogP contribution in [0, 0.1) is 0 Å². The maximum atomic E-state index is 12.6. The van der Waals surface area contributed by atoms with E-state index < -0.39 is 36.9 Å². The third-order valence-corrected chi connectivity index (χ3v) is 12.6. The molecule has 0 saturated carbocycles. The van der Waals surface area contributed by atoms with Gasteiger partial charge in [-0.15, -0.1) is 0 Å². The lowest BCUT2D eigenvalue weighted by Gasteiger charge is -2.27. The number of carbonyl (C=O) groups excluding carboxylic acids is 1. The Hall–Kier alpha value is -0.690. The summed E-state index contributed by atoms with van der Waals surface area (Å²) in [7, 11) is 0. The van der Waals surface area contributed by atoms with Gasteiger partial charge in [-0.3, -0.25) is 4.79 Å². The van der Waals surface area contributed by atoms with Crippen molar-refractivity contribution in [3.8, 4) is 0 Å². The number of aliphatic hydroxyl groups excluding tert-OH is 4. The van der Waals surface area contributed by atoms with E-state index in [2.05, 4.69) is 19.2 Å². The van der Waals surface area contributed by atoms with Crippen LogP contribution >= 0.6 is 0 Å². The summed E-state index contributed by atoms with van der Waals surface area (Å²) < 4.78 is 0. The minimum absolute atomic E-state index is 0.376. The van der Waals surface area contributed by atoms with Gasteiger partial charge in [0.25, 0.3) is 0 Å². The van der Waals surface area contributed by atoms with Gasteiger partial charge in [-0.05, 0) is 12.8 Å². The average Bonchev–Trinajstić information content (AvgIpc) is 3.22. The van der Waals surface area contributed by atoms with E-state index in [0.717, 1.165) is 38.5 Å². The number of rotatable bonds is 48. The summed E-state index contributed by atoms with van der Waals surface area (Å²) in [5, 5.41) is 43.9. The number of nitrogens with one attached hydrogen (secondary N) is 1. The molecule has 0 radical (unpaired) electrons. The lowest BCUT2D eigenvalue weighted by atomic mass is 9.99. The largest absolute Gasteiger partial charge is 0.394 e. The van der Waals surface area contributed by atoms with E-state index in [0.29, 0.717) is 12.8 Å². The Morgan fingerprint density at radius 2 is 0.596 bits per heavy atom. The minimum Gasteiger partial charge on any atom is -0.394 e. The summed E-state index contributed by atoms with van der Waals surface area (Å²) in [6, 6.07) is -0.980. The van der Waals surface area contributed by atoms with Gasteiger partial charge in [0.05, 0.1) is 18.8 Å². The lowest BCUT2D eigenvalue weighted by molar-refractivity contribution is -0.132. The molecule has 6 nitrogen and oxygen atoms in total. The first-order valence-electron chi connectivity index (χ1n) is 25.9. The zero-order chi connectivity index (χ0) is 41.7. The van der Waals surface area contributed by atoms with Gasteiger partial charge in [0.2, 0.25) is 5.91 Å². The molecule has 57 heavy (non-hydrogen) atoms. The molecule has 342 valence electrons. The molecule has 0 aliphatic rings. The molecular formula is C51H103NO5. The molecule has 0 bridgehead atoms. The molecule has 5 N–H and O–H groups in total. The van der Waals surface area contributed by atoms with Crippen LogP contribution < -0.4 is 5.32 Å². The molecule has 6 heteroatoms. The van der Waals surface area contributed by atoms with Gasteiger partial charge in [-0.1, -0.05) is 277 Å². The molecule has 0 aliphatic carbocycles. The fourth-order valence-electron chi connectivity index (χ4n) is 8.47. The Balaban J connectivity index is 3.62.